The molecule has 0 saturated carbocycles. The van der Waals surface area contributed by atoms with Gasteiger partial charge in [-0.1, -0.05) is 49.4 Å². The van der Waals surface area contributed by atoms with Crippen LogP contribution in [0.4, 0.5) is 5.13 Å². The molecule has 1 atom stereocenters. The van der Waals surface area contributed by atoms with Crippen molar-refractivity contribution in [1.82, 2.24) is 4.98 Å². The third kappa shape index (κ3) is 4.31. The molecule has 1 aromatic heterocycles. The first kappa shape index (κ1) is 25.5. The van der Waals surface area contributed by atoms with E-state index in [1.807, 2.05) is 43.3 Å². The summed E-state index contributed by atoms with van der Waals surface area (Å²) in [4.78, 5) is 33.1. The number of benzene rings is 3. The molecule has 38 heavy (non-hydrogen) atoms. The number of carbonyl (C=O) groups is 2. The van der Waals surface area contributed by atoms with E-state index >= 15 is 0 Å². The monoisotopic (exact) mass is 528 g/mol. The molecule has 2 heterocycles. The normalized spacial score (nSPS) is 17.0. The summed E-state index contributed by atoms with van der Waals surface area (Å²) in [7, 11) is 3.16. The zero-order valence-electron chi connectivity index (χ0n) is 21.8. The van der Waals surface area contributed by atoms with Gasteiger partial charge in [0.25, 0.3) is 5.78 Å². The number of aromatic nitrogens is 1. The Morgan fingerprint density at radius 1 is 1.00 bits per heavy atom. The molecule has 1 N–H and O–H groups in total. The number of nitrogens with zero attached hydrogens (tertiary/aromatic N) is 2. The number of Topliss-reactive ketones (excluding diaryl/α,β-unsaturated/α-hetero) is 1. The lowest BCUT2D eigenvalue weighted by atomic mass is 9.93. The maximum absolute atomic E-state index is 13.5. The summed E-state index contributed by atoms with van der Waals surface area (Å²) < 4.78 is 11.5. The minimum absolute atomic E-state index is 0.0219. The van der Waals surface area contributed by atoms with Gasteiger partial charge in [0.05, 0.1) is 36.1 Å². The molecule has 0 aliphatic carbocycles. The number of hydrogen-bond acceptors (Lipinski definition) is 7. The highest BCUT2D eigenvalue weighted by Gasteiger charge is 2.48. The van der Waals surface area contributed by atoms with E-state index in [1.165, 1.54) is 16.2 Å². The summed E-state index contributed by atoms with van der Waals surface area (Å²) >= 11 is 1.29. The smallest absolute Gasteiger partial charge is 0.301 e. The van der Waals surface area contributed by atoms with E-state index in [4.69, 9.17) is 9.47 Å². The summed E-state index contributed by atoms with van der Waals surface area (Å²) in [5.74, 6) is -0.0843. The Morgan fingerprint density at radius 3 is 2.37 bits per heavy atom. The molecule has 4 aromatic rings. The van der Waals surface area contributed by atoms with Crippen molar-refractivity contribution < 1.29 is 24.2 Å². The molecular weight excluding hydrogens is 500 g/mol. The predicted molar refractivity (Wildman–Crippen MR) is 149 cm³/mol. The van der Waals surface area contributed by atoms with Crippen LogP contribution in [0.5, 0.6) is 11.5 Å². The first-order valence-corrected chi connectivity index (χ1v) is 13.1. The van der Waals surface area contributed by atoms with Gasteiger partial charge in [-0.3, -0.25) is 14.5 Å². The zero-order chi connectivity index (χ0) is 27.1. The van der Waals surface area contributed by atoms with E-state index in [2.05, 4.69) is 18.8 Å². The van der Waals surface area contributed by atoms with Gasteiger partial charge >= 0.3 is 5.91 Å². The number of aliphatic hydroxyl groups excluding tert-OH is 1. The lowest BCUT2D eigenvalue weighted by Gasteiger charge is -2.23. The minimum atomic E-state index is -0.846. The number of fused-ring (bicyclic) bond motifs is 1. The highest BCUT2D eigenvalue weighted by Crippen LogP contribution is 2.45. The largest absolute Gasteiger partial charge is 0.507 e. The fourth-order valence-electron chi connectivity index (χ4n) is 4.71. The van der Waals surface area contributed by atoms with E-state index < -0.39 is 17.7 Å². The average Bonchev–Trinajstić information content (AvgIpc) is 3.45. The van der Waals surface area contributed by atoms with Crippen LogP contribution >= 0.6 is 11.3 Å². The van der Waals surface area contributed by atoms with Crippen LogP contribution in [0.2, 0.25) is 0 Å². The van der Waals surface area contributed by atoms with Crippen molar-refractivity contribution in [3.8, 4) is 11.5 Å². The number of carbonyl (C=O) groups excluding carboxylic acids is 2. The van der Waals surface area contributed by atoms with E-state index in [-0.39, 0.29) is 11.3 Å². The van der Waals surface area contributed by atoms with Crippen LogP contribution in [0.15, 0.2) is 66.2 Å². The van der Waals surface area contributed by atoms with Gasteiger partial charge in [-0.25, -0.2) is 4.98 Å². The quantitative estimate of drug-likeness (QED) is 0.178. The maximum atomic E-state index is 13.5. The first-order valence-electron chi connectivity index (χ1n) is 12.2. The topological polar surface area (TPSA) is 89.0 Å². The third-order valence-electron chi connectivity index (χ3n) is 6.82. The van der Waals surface area contributed by atoms with Crippen molar-refractivity contribution in [1.29, 1.82) is 0 Å². The average molecular weight is 529 g/mol. The second-order valence-electron chi connectivity index (χ2n) is 9.50. The van der Waals surface area contributed by atoms with E-state index in [0.717, 1.165) is 15.8 Å². The maximum Gasteiger partial charge on any atom is 0.301 e. The van der Waals surface area contributed by atoms with Gasteiger partial charge in [-0.05, 0) is 65.9 Å². The van der Waals surface area contributed by atoms with E-state index in [0.29, 0.717) is 39.2 Å². The van der Waals surface area contributed by atoms with Crippen LogP contribution < -0.4 is 14.4 Å². The summed E-state index contributed by atoms with van der Waals surface area (Å²) in [6.07, 6.45) is 0. The van der Waals surface area contributed by atoms with Gasteiger partial charge < -0.3 is 14.6 Å². The van der Waals surface area contributed by atoms with Gasteiger partial charge in [0.15, 0.2) is 5.13 Å². The number of methoxy groups -OCH3 is 2. The van der Waals surface area contributed by atoms with Crippen LogP contribution in [-0.4, -0.2) is 36.0 Å². The summed E-state index contributed by atoms with van der Waals surface area (Å²) in [5.41, 5.74) is 3.77. The predicted octanol–water partition coefficient (Wildman–Crippen LogP) is 6.37. The number of aryl methyl sites for hydroxylation is 1. The Morgan fingerprint density at radius 2 is 1.74 bits per heavy atom. The molecule has 0 bridgehead atoms. The van der Waals surface area contributed by atoms with Crippen LogP contribution in [0.3, 0.4) is 0 Å². The molecule has 1 fully saturated rings. The fraction of sp³-hybridized carbons (Fsp3) is 0.233. The Bertz CT molecular complexity index is 1590. The van der Waals surface area contributed by atoms with Crippen molar-refractivity contribution in [3.05, 3.63) is 88.5 Å². The summed E-state index contributed by atoms with van der Waals surface area (Å²) in [6.45, 7) is 6.05. The molecule has 0 spiro atoms. The van der Waals surface area contributed by atoms with Crippen molar-refractivity contribution in [3.63, 3.8) is 0 Å². The summed E-state index contributed by atoms with van der Waals surface area (Å²) in [6, 6.07) is 17.5. The van der Waals surface area contributed by atoms with Gasteiger partial charge in [0.2, 0.25) is 0 Å². The lowest BCUT2D eigenvalue weighted by molar-refractivity contribution is -0.132. The van der Waals surface area contributed by atoms with Crippen molar-refractivity contribution in [2.75, 3.05) is 19.1 Å². The number of hydrogen-bond donors (Lipinski definition) is 1. The van der Waals surface area contributed by atoms with Crippen molar-refractivity contribution in [2.24, 2.45) is 0 Å². The van der Waals surface area contributed by atoms with Gasteiger partial charge in [-0.15, -0.1) is 0 Å². The number of ketones is 1. The fourth-order valence-corrected chi connectivity index (χ4v) is 5.73. The molecule has 8 heteroatoms. The number of amides is 1. The molecule has 0 unspecified atom stereocenters. The standard InChI is InChI=1S/C30H28N2O5S/c1-16(2)18-6-8-19(9-7-18)26-25(27(33)20-10-13-23(37-5)17(3)14-20)28(34)29(35)32(26)30-31-22-12-11-21(36-4)15-24(22)38-30/h6-16,26,33H,1-5H3/b27-25+/t26-/m0/s1. The van der Waals surface area contributed by atoms with Gasteiger partial charge in [-0.2, -0.15) is 0 Å². The SMILES string of the molecule is COc1ccc2nc(N3C(=O)C(=O)/C(=C(/O)c4ccc(OC)c(C)c4)[C@@H]3c3ccc(C(C)C)cc3)sc2c1. The van der Waals surface area contributed by atoms with Crippen molar-refractivity contribution in [2.45, 2.75) is 32.7 Å². The highest BCUT2D eigenvalue weighted by atomic mass is 32.1. The number of thiazole rings is 1. The minimum Gasteiger partial charge on any atom is -0.507 e. The molecule has 1 aliphatic heterocycles. The van der Waals surface area contributed by atoms with Crippen LogP contribution in [0.25, 0.3) is 16.0 Å². The number of aliphatic hydroxyl groups is 1. The summed E-state index contributed by atoms with van der Waals surface area (Å²) in [5, 5.41) is 11.8. The van der Waals surface area contributed by atoms with Gasteiger partial charge in [0.1, 0.15) is 17.3 Å². The number of rotatable bonds is 6. The van der Waals surface area contributed by atoms with Crippen LogP contribution in [0.1, 0.15) is 48.1 Å². The molecule has 1 saturated heterocycles. The zero-order valence-corrected chi connectivity index (χ0v) is 22.6. The first-order chi connectivity index (χ1) is 18.2. The molecule has 194 valence electrons. The number of ether oxygens (including phenoxy) is 2. The molecule has 5 rings (SSSR count). The second-order valence-corrected chi connectivity index (χ2v) is 10.5. The molecule has 3 aromatic carbocycles. The molecule has 7 nitrogen and oxygen atoms in total. The molecular formula is C30H28N2O5S. The Kier molecular flexibility index (Phi) is 6.67. The molecule has 0 radical (unpaired) electrons. The van der Waals surface area contributed by atoms with Crippen molar-refractivity contribution >= 4 is 44.1 Å². The van der Waals surface area contributed by atoms with Crippen LogP contribution in [0, 0.1) is 6.92 Å². The van der Waals surface area contributed by atoms with E-state index in [9.17, 15) is 14.7 Å². The highest BCUT2D eigenvalue weighted by molar-refractivity contribution is 7.22. The Hall–Kier alpha value is -4.17. The second kappa shape index (κ2) is 9.95. The Balaban J connectivity index is 1.70. The number of anilines is 1. The Labute approximate surface area is 225 Å². The van der Waals surface area contributed by atoms with E-state index in [1.54, 1.807) is 38.5 Å². The molecule has 1 aliphatic rings. The van der Waals surface area contributed by atoms with Gasteiger partial charge in [0, 0.05) is 5.56 Å². The third-order valence-corrected chi connectivity index (χ3v) is 7.84. The lowest BCUT2D eigenvalue weighted by Crippen LogP contribution is -2.29. The molecule has 1 amide bonds. The van der Waals surface area contributed by atoms with Crippen LogP contribution in [-0.2, 0) is 9.59 Å².